The number of anilines is 2. The van der Waals surface area contributed by atoms with E-state index in [2.05, 4.69) is 15.4 Å². The van der Waals surface area contributed by atoms with Crippen LogP contribution in [0.2, 0.25) is 0 Å². The molecule has 12 heteroatoms. The molecule has 31 heavy (non-hydrogen) atoms. The molecule has 2 amide bonds. The predicted molar refractivity (Wildman–Crippen MR) is 115 cm³/mol. The molecule has 0 bridgehead atoms. The molecule has 1 atom stereocenters. The summed E-state index contributed by atoms with van der Waals surface area (Å²) in [6, 6.07) is 8.52. The summed E-state index contributed by atoms with van der Waals surface area (Å²) in [6.45, 7) is 2.94. The van der Waals surface area contributed by atoms with Crippen molar-refractivity contribution in [1.82, 2.24) is 5.32 Å². The van der Waals surface area contributed by atoms with Gasteiger partial charge < -0.3 is 15.4 Å². The number of nitrogens with zero attached hydrogens (tertiary/aromatic N) is 1. The molecule has 0 spiro atoms. The van der Waals surface area contributed by atoms with Gasteiger partial charge in [-0.3, -0.25) is 24.4 Å². The molecule has 3 N–H and O–H groups in total. The maximum atomic E-state index is 12.4. The van der Waals surface area contributed by atoms with E-state index in [9.17, 15) is 28.1 Å². The molecule has 0 aromatic heterocycles. The van der Waals surface area contributed by atoms with Gasteiger partial charge >= 0.3 is 0 Å². The van der Waals surface area contributed by atoms with Gasteiger partial charge in [0.25, 0.3) is 11.6 Å². The Morgan fingerprint density at radius 2 is 1.90 bits per heavy atom. The number of nitrogens with one attached hydrogen (secondary N) is 3. The van der Waals surface area contributed by atoms with Crippen molar-refractivity contribution in [3.8, 4) is 5.75 Å². The third-order valence-corrected chi connectivity index (χ3v) is 5.47. The number of carbonyl (C=O) groups excluding carboxylic acids is 2. The van der Waals surface area contributed by atoms with Gasteiger partial charge in [0.2, 0.25) is 15.9 Å². The van der Waals surface area contributed by atoms with Crippen LogP contribution < -0.4 is 20.1 Å². The minimum absolute atomic E-state index is 0.0445. The van der Waals surface area contributed by atoms with Crippen molar-refractivity contribution in [2.45, 2.75) is 19.9 Å². The molecule has 2 rings (SSSR count). The first kappa shape index (κ1) is 23.6. The summed E-state index contributed by atoms with van der Waals surface area (Å²) in [5.41, 5.74) is 0.339. The zero-order valence-corrected chi connectivity index (χ0v) is 17.9. The fourth-order valence-corrected chi connectivity index (χ4v) is 3.10. The van der Waals surface area contributed by atoms with Gasteiger partial charge in [0.15, 0.2) is 0 Å². The zero-order chi connectivity index (χ0) is 23.2. The van der Waals surface area contributed by atoms with Crippen molar-refractivity contribution in [2.24, 2.45) is 0 Å². The lowest BCUT2D eigenvalue weighted by Crippen LogP contribution is -2.41. The van der Waals surface area contributed by atoms with Gasteiger partial charge in [-0.25, -0.2) is 8.42 Å². The van der Waals surface area contributed by atoms with Crippen LogP contribution in [-0.4, -0.2) is 44.1 Å². The van der Waals surface area contributed by atoms with E-state index in [4.69, 9.17) is 4.74 Å². The number of sulfonamides is 1. The van der Waals surface area contributed by atoms with E-state index < -0.39 is 32.8 Å². The van der Waals surface area contributed by atoms with Gasteiger partial charge in [-0.05, 0) is 32.0 Å². The van der Waals surface area contributed by atoms with Crippen LogP contribution in [0.1, 0.15) is 24.2 Å². The highest BCUT2D eigenvalue weighted by atomic mass is 32.2. The highest BCUT2D eigenvalue weighted by Gasteiger charge is 2.19. The third-order valence-electron chi connectivity index (χ3n) is 4.17. The minimum atomic E-state index is -3.51. The Hall–Kier alpha value is -3.67. The SMILES string of the molecule is CCS(=O)(=O)Nc1ccc(NC(=O)C(C)NC(=O)c2cccc([N+](=O)[O-])c2)cc1OC. The van der Waals surface area contributed by atoms with Crippen molar-refractivity contribution in [1.29, 1.82) is 0 Å². The van der Waals surface area contributed by atoms with Gasteiger partial charge in [-0.1, -0.05) is 6.07 Å². The maximum Gasteiger partial charge on any atom is 0.270 e. The van der Waals surface area contributed by atoms with Gasteiger partial charge in [-0.15, -0.1) is 0 Å². The lowest BCUT2D eigenvalue weighted by molar-refractivity contribution is -0.384. The second kappa shape index (κ2) is 9.89. The summed E-state index contributed by atoms with van der Waals surface area (Å²) >= 11 is 0. The standard InChI is InChI=1S/C19H22N4O7S/c1-4-31(28,29)22-16-9-8-14(11-17(16)30-3)21-18(24)12(2)20-19(25)13-6-5-7-15(10-13)23(26)27/h5-12,22H,4H2,1-3H3,(H,20,25)(H,21,24). The molecule has 0 heterocycles. The monoisotopic (exact) mass is 450 g/mol. The number of nitro groups is 1. The molecule has 1 unspecified atom stereocenters. The quantitative estimate of drug-likeness (QED) is 0.390. The molecule has 166 valence electrons. The van der Waals surface area contributed by atoms with E-state index in [1.165, 1.54) is 57.4 Å². The Labute approximate surface area is 179 Å². The summed E-state index contributed by atoms with van der Waals surface area (Å²) < 4.78 is 31.1. The van der Waals surface area contributed by atoms with Crippen LogP contribution >= 0.6 is 0 Å². The van der Waals surface area contributed by atoms with Crippen LogP contribution in [0.15, 0.2) is 42.5 Å². The van der Waals surface area contributed by atoms with Crippen LogP contribution in [-0.2, 0) is 14.8 Å². The normalized spacial score (nSPS) is 11.8. The van der Waals surface area contributed by atoms with Gasteiger partial charge in [-0.2, -0.15) is 0 Å². The summed E-state index contributed by atoms with van der Waals surface area (Å²) in [4.78, 5) is 34.9. The Morgan fingerprint density at radius 3 is 2.52 bits per heavy atom. The number of carbonyl (C=O) groups is 2. The number of amides is 2. The molecule has 2 aromatic carbocycles. The highest BCUT2D eigenvalue weighted by molar-refractivity contribution is 7.92. The number of benzene rings is 2. The highest BCUT2D eigenvalue weighted by Crippen LogP contribution is 2.29. The predicted octanol–water partition coefficient (Wildman–Crippen LogP) is 2.12. The first-order chi connectivity index (χ1) is 14.6. The molecule has 2 aromatic rings. The molecular weight excluding hydrogens is 428 g/mol. The number of methoxy groups -OCH3 is 1. The fraction of sp³-hybridized carbons (Fsp3) is 0.263. The molecular formula is C19H22N4O7S. The second-order valence-electron chi connectivity index (χ2n) is 6.41. The van der Waals surface area contributed by atoms with E-state index in [-0.39, 0.29) is 28.4 Å². The third kappa shape index (κ3) is 6.40. The average Bonchev–Trinajstić information content (AvgIpc) is 2.74. The van der Waals surface area contributed by atoms with E-state index in [1.807, 2.05) is 0 Å². The van der Waals surface area contributed by atoms with Crippen LogP contribution in [0.3, 0.4) is 0 Å². The van der Waals surface area contributed by atoms with Crippen molar-refractivity contribution in [3.05, 3.63) is 58.1 Å². The lowest BCUT2D eigenvalue weighted by Gasteiger charge is -2.16. The van der Waals surface area contributed by atoms with Crippen molar-refractivity contribution >= 4 is 38.9 Å². The van der Waals surface area contributed by atoms with Gasteiger partial charge in [0.1, 0.15) is 11.8 Å². The number of non-ortho nitro benzene ring substituents is 1. The van der Waals surface area contributed by atoms with E-state index in [0.717, 1.165) is 6.07 Å². The lowest BCUT2D eigenvalue weighted by atomic mass is 10.1. The van der Waals surface area contributed by atoms with Crippen LogP contribution in [0, 0.1) is 10.1 Å². The van der Waals surface area contributed by atoms with Crippen LogP contribution in [0.5, 0.6) is 5.75 Å². The van der Waals surface area contributed by atoms with Crippen molar-refractivity contribution < 1.29 is 27.7 Å². The number of rotatable bonds is 9. The minimum Gasteiger partial charge on any atom is -0.494 e. The Morgan fingerprint density at radius 1 is 1.19 bits per heavy atom. The number of ether oxygens (including phenoxy) is 1. The molecule has 11 nitrogen and oxygen atoms in total. The molecule has 0 aliphatic rings. The summed E-state index contributed by atoms with van der Waals surface area (Å²) in [7, 11) is -2.16. The van der Waals surface area contributed by atoms with Crippen LogP contribution in [0.4, 0.5) is 17.1 Å². The molecule has 0 aliphatic carbocycles. The van der Waals surface area contributed by atoms with Crippen LogP contribution in [0.25, 0.3) is 0 Å². The largest absolute Gasteiger partial charge is 0.494 e. The molecule has 0 saturated carbocycles. The van der Waals surface area contributed by atoms with E-state index in [0.29, 0.717) is 5.69 Å². The van der Waals surface area contributed by atoms with Gasteiger partial charge in [0, 0.05) is 29.4 Å². The van der Waals surface area contributed by atoms with Gasteiger partial charge in [0.05, 0.1) is 23.5 Å². The average molecular weight is 450 g/mol. The topological polar surface area (TPSA) is 157 Å². The number of hydrogen-bond acceptors (Lipinski definition) is 7. The zero-order valence-electron chi connectivity index (χ0n) is 17.0. The molecule has 0 aliphatic heterocycles. The molecule has 0 fully saturated rings. The molecule has 0 radical (unpaired) electrons. The van der Waals surface area contributed by atoms with E-state index >= 15 is 0 Å². The first-order valence-corrected chi connectivity index (χ1v) is 10.8. The first-order valence-electron chi connectivity index (χ1n) is 9.11. The number of hydrogen-bond donors (Lipinski definition) is 3. The van der Waals surface area contributed by atoms with Crippen molar-refractivity contribution in [2.75, 3.05) is 22.9 Å². The van der Waals surface area contributed by atoms with Crippen molar-refractivity contribution in [3.63, 3.8) is 0 Å². The summed E-state index contributed by atoms with van der Waals surface area (Å²) in [5, 5.41) is 15.9. The Kier molecular flexibility index (Phi) is 7.53. The Bertz CT molecular complexity index is 1100. The summed E-state index contributed by atoms with van der Waals surface area (Å²) in [5.74, 6) is -1.12. The molecule has 0 saturated heterocycles. The number of nitro benzene ring substituents is 1. The second-order valence-corrected chi connectivity index (χ2v) is 8.42. The smallest absolute Gasteiger partial charge is 0.270 e. The van der Waals surface area contributed by atoms with E-state index in [1.54, 1.807) is 0 Å². The fourth-order valence-electron chi connectivity index (χ4n) is 2.45. The summed E-state index contributed by atoms with van der Waals surface area (Å²) in [6.07, 6.45) is 0. The maximum absolute atomic E-state index is 12.4. The Balaban J connectivity index is 2.08.